The molecule has 1 aromatic heterocycles. The molecule has 4 heteroatoms. The predicted molar refractivity (Wildman–Crippen MR) is 105 cm³/mol. The Morgan fingerprint density at radius 3 is 2.48 bits per heavy atom. The highest BCUT2D eigenvalue weighted by atomic mass is 16.5. The van der Waals surface area contributed by atoms with Gasteiger partial charge in [0.25, 0.3) is 5.56 Å². The van der Waals surface area contributed by atoms with E-state index in [9.17, 15) is 9.59 Å². The van der Waals surface area contributed by atoms with E-state index in [4.69, 9.17) is 4.74 Å². The Morgan fingerprint density at radius 1 is 0.963 bits per heavy atom. The molecule has 1 aliphatic rings. The fourth-order valence-corrected chi connectivity index (χ4v) is 3.60. The van der Waals surface area contributed by atoms with Crippen LogP contribution in [-0.2, 0) is 24.7 Å². The Morgan fingerprint density at radius 2 is 1.74 bits per heavy atom. The van der Waals surface area contributed by atoms with Crippen LogP contribution in [0.25, 0.3) is 11.1 Å². The summed E-state index contributed by atoms with van der Waals surface area (Å²) < 4.78 is 7.75. The van der Waals surface area contributed by atoms with Crippen LogP contribution in [-0.4, -0.2) is 10.4 Å². The predicted octanol–water partition coefficient (Wildman–Crippen LogP) is 4.21. The van der Waals surface area contributed by atoms with Crippen LogP contribution in [0, 0.1) is 6.92 Å². The molecule has 2 aromatic carbocycles. The first-order valence-electron chi connectivity index (χ1n) is 9.09. The van der Waals surface area contributed by atoms with Crippen LogP contribution in [0.5, 0.6) is 11.5 Å². The normalized spacial score (nSPS) is 13.3. The summed E-state index contributed by atoms with van der Waals surface area (Å²) >= 11 is 0. The monoisotopic (exact) mass is 359 g/mol. The lowest BCUT2D eigenvalue weighted by molar-refractivity contribution is -0.118. The van der Waals surface area contributed by atoms with Gasteiger partial charge in [-0.15, -0.1) is 0 Å². The highest BCUT2D eigenvalue weighted by molar-refractivity contribution is 5.85. The number of carbonyl (C=O) groups excluding carboxylic acids is 1. The zero-order valence-electron chi connectivity index (χ0n) is 15.5. The molecule has 1 aliphatic carbocycles. The van der Waals surface area contributed by atoms with Crippen LogP contribution in [0.3, 0.4) is 0 Å². The number of benzene rings is 2. The second-order valence-electron chi connectivity index (χ2n) is 7.07. The number of hydrogen-bond acceptors (Lipinski definition) is 3. The minimum Gasteiger partial charge on any atom is -0.457 e. The zero-order chi connectivity index (χ0) is 19.0. The number of ketones is 1. The fourth-order valence-electron chi connectivity index (χ4n) is 3.60. The summed E-state index contributed by atoms with van der Waals surface area (Å²) in [5.74, 6) is 1.70. The van der Waals surface area contributed by atoms with Crippen LogP contribution in [0.4, 0.5) is 0 Å². The van der Waals surface area contributed by atoms with Crippen molar-refractivity contribution in [2.24, 2.45) is 7.05 Å². The third kappa shape index (κ3) is 3.43. The van der Waals surface area contributed by atoms with Crippen molar-refractivity contribution in [2.45, 2.75) is 26.2 Å². The maximum absolute atomic E-state index is 12.0. The van der Waals surface area contributed by atoms with Crippen molar-refractivity contribution < 1.29 is 9.53 Å². The maximum atomic E-state index is 12.0. The Kier molecular flexibility index (Phi) is 4.40. The average Bonchev–Trinajstić information content (AvgIpc) is 2.66. The second kappa shape index (κ2) is 6.88. The number of carbonyl (C=O) groups is 1. The van der Waals surface area contributed by atoms with E-state index in [1.165, 1.54) is 0 Å². The molecule has 0 saturated carbocycles. The van der Waals surface area contributed by atoms with E-state index in [0.717, 1.165) is 34.4 Å². The average molecular weight is 359 g/mol. The highest BCUT2D eigenvalue weighted by Crippen LogP contribution is 2.36. The molecule has 0 unspecified atom stereocenters. The summed E-state index contributed by atoms with van der Waals surface area (Å²) in [5, 5.41) is 0. The van der Waals surface area contributed by atoms with Gasteiger partial charge in [0.15, 0.2) is 0 Å². The molecule has 136 valence electrons. The van der Waals surface area contributed by atoms with Gasteiger partial charge in [0.2, 0.25) is 0 Å². The number of aromatic nitrogens is 1. The lowest BCUT2D eigenvalue weighted by Gasteiger charge is -2.21. The lowest BCUT2D eigenvalue weighted by Crippen LogP contribution is -2.18. The number of pyridine rings is 1. The van der Waals surface area contributed by atoms with Gasteiger partial charge in [-0.1, -0.05) is 24.3 Å². The van der Waals surface area contributed by atoms with Crippen molar-refractivity contribution in [3.8, 4) is 22.6 Å². The number of rotatable bonds is 3. The molecule has 0 saturated heterocycles. The molecule has 0 fully saturated rings. The molecule has 0 amide bonds. The van der Waals surface area contributed by atoms with Gasteiger partial charge >= 0.3 is 0 Å². The van der Waals surface area contributed by atoms with E-state index in [2.05, 4.69) is 6.07 Å². The zero-order valence-corrected chi connectivity index (χ0v) is 15.5. The molecule has 0 spiro atoms. The maximum Gasteiger partial charge on any atom is 0.253 e. The number of nitrogens with zero attached hydrogens (tertiary/aromatic N) is 1. The van der Waals surface area contributed by atoms with Gasteiger partial charge in [-0.3, -0.25) is 9.59 Å². The van der Waals surface area contributed by atoms with Gasteiger partial charge in [-0.25, -0.2) is 0 Å². The summed E-state index contributed by atoms with van der Waals surface area (Å²) in [6, 6.07) is 15.6. The molecule has 0 atom stereocenters. The Labute approximate surface area is 158 Å². The number of ether oxygens (including phenoxy) is 1. The van der Waals surface area contributed by atoms with E-state index in [1.54, 1.807) is 11.6 Å². The molecule has 0 radical (unpaired) electrons. The molecular weight excluding hydrogens is 338 g/mol. The Balaban J connectivity index is 1.85. The summed E-state index contributed by atoms with van der Waals surface area (Å²) in [6.45, 7) is 1.82. The molecule has 4 nitrogen and oxygen atoms in total. The first-order chi connectivity index (χ1) is 13.0. The molecular formula is C23H21NO3. The van der Waals surface area contributed by atoms with Crippen molar-refractivity contribution >= 4 is 5.78 Å². The summed E-state index contributed by atoms with van der Waals surface area (Å²) in [4.78, 5) is 24.0. The summed E-state index contributed by atoms with van der Waals surface area (Å²) in [5.41, 5.74) is 4.78. The number of Topliss-reactive ketones (excluding diaryl/α,β-unsaturated/α-hetero) is 1. The molecule has 27 heavy (non-hydrogen) atoms. The minimum absolute atomic E-state index is 0.00284. The Hall–Kier alpha value is -3.14. The number of para-hydroxylation sites is 1. The Bertz CT molecular complexity index is 1050. The van der Waals surface area contributed by atoms with Gasteiger partial charge in [0.1, 0.15) is 17.3 Å². The van der Waals surface area contributed by atoms with Crippen molar-refractivity contribution in [3.05, 3.63) is 81.8 Å². The van der Waals surface area contributed by atoms with Gasteiger partial charge in [-0.2, -0.15) is 0 Å². The van der Waals surface area contributed by atoms with E-state index in [-0.39, 0.29) is 11.3 Å². The summed E-state index contributed by atoms with van der Waals surface area (Å²) in [7, 11) is 1.76. The molecule has 0 bridgehead atoms. The SMILES string of the molecule is Cc1cc(-c2cc3c(c(Oc4ccccc4)c2)CC(=O)CC3)cn(C)c1=O. The van der Waals surface area contributed by atoms with E-state index in [1.807, 2.05) is 55.6 Å². The van der Waals surface area contributed by atoms with Gasteiger partial charge in [0.05, 0.1) is 0 Å². The molecule has 0 N–H and O–H groups in total. The van der Waals surface area contributed by atoms with Crippen LogP contribution in [0.1, 0.15) is 23.1 Å². The number of hydrogen-bond donors (Lipinski definition) is 0. The summed E-state index contributed by atoms with van der Waals surface area (Å²) in [6.07, 6.45) is 3.53. The highest BCUT2D eigenvalue weighted by Gasteiger charge is 2.21. The standard InChI is InChI=1S/C23H21NO3/c1-15-10-18(14-24(2)23(15)26)17-11-16-8-9-19(25)13-21(16)22(12-17)27-20-6-4-3-5-7-20/h3-7,10-12,14H,8-9,13H2,1-2H3. The van der Waals surface area contributed by atoms with Crippen molar-refractivity contribution in [1.29, 1.82) is 0 Å². The quantitative estimate of drug-likeness (QED) is 0.704. The van der Waals surface area contributed by atoms with Crippen LogP contribution in [0.2, 0.25) is 0 Å². The van der Waals surface area contributed by atoms with Crippen molar-refractivity contribution in [2.75, 3.05) is 0 Å². The van der Waals surface area contributed by atoms with E-state index < -0.39 is 0 Å². The molecule has 1 heterocycles. The van der Waals surface area contributed by atoms with Gasteiger partial charge in [0, 0.05) is 37.2 Å². The topological polar surface area (TPSA) is 48.3 Å². The van der Waals surface area contributed by atoms with Crippen LogP contribution >= 0.6 is 0 Å². The lowest BCUT2D eigenvalue weighted by atomic mass is 9.87. The van der Waals surface area contributed by atoms with E-state index in [0.29, 0.717) is 24.2 Å². The first-order valence-corrected chi connectivity index (χ1v) is 9.09. The smallest absolute Gasteiger partial charge is 0.253 e. The van der Waals surface area contributed by atoms with Crippen LogP contribution in [0.15, 0.2) is 59.5 Å². The van der Waals surface area contributed by atoms with Crippen molar-refractivity contribution in [1.82, 2.24) is 4.57 Å². The third-order valence-corrected chi connectivity index (χ3v) is 5.02. The number of aryl methyl sites for hydroxylation is 3. The fraction of sp³-hybridized carbons (Fsp3) is 0.217. The minimum atomic E-state index is 0.00284. The van der Waals surface area contributed by atoms with Crippen molar-refractivity contribution in [3.63, 3.8) is 0 Å². The largest absolute Gasteiger partial charge is 0.457 e. The van der Waals surface area contributed by atoms with E-state index >= 15 is 0 Å². The van der Waals surface area contributed by atoms with Crippen LogP contribution < -0.4 is 10.3 Å². The molecule has 3 aromatic rings. The number of fused-ring (bicyclic) bond motifs is 1. The molecule has 4 rings (SSSR count). The second-order valence-corrected chi connectivity index (χ2v) is 7.07. The van der Waals surface area contributed by atoms with Gasteiger partial charge < -0.3 is 9.30 Å². The molecule has 0 aliphatic heterocycles. The first kappa shape index (κ1) is 17.3. The van der Waals surface area contributed by atoms with Gasteiger partial charge in [-0.05, 0) is 54.3 Å². The third-order valence-electron chi connectivity index (χ3n) is 5.02.